The molecular weight excluding hydrogens is 320 g/mol. The number of nitrogens with one attached hydrogen (secondary N) is 1. The second-order valence-corrected chi connectivity index (χ2v) is 5.17. The average molecular weight is 334 g/mol. The fourth-order valence-corrected chi connectivity index (χ4v) is 2.23. The van der Waals surface area contributed by atoms with E-state index >= 15 is 0 Å². The molecule has 0 aliphatic rings. The Morgan fingerprint density at radius 2 is 1.56 bits per heavy atom. The van der Waals surface area contributed by atoms with Crippen molar-refractivity contribution in [2.45, 2.75) is 0 Å². The summed E-state index contributed by atoms with van der Waals surface area (Å²) in [5.74, 6) is 0.257. The standard InChI is InChI=1S/C19H14N2O4/c22-19(14-7-3-1-4-8-14)20-15-11-12-18(17(13-15)21(23)24)25-16-9-5-2-6-10-16/h1-13H,(H,20,22). The molecule has 6 heteroatoms. The zero-order valence-electron chi connectivity index (χ0n) is 13.1. The predicted octanol–water partition coefficient (Wildman–Crippen LogP) is 4.64. The first kappa shape index (κ1) is 16.2. The largest absolute Gasteiger partial charge is 0.450 e. The van der Waals surface area contributed by atoms with Crippen LogP contribution in [0.15, 0.2) is 78.9 Å². The van der Waals surface area contributed by atoms with Crippen molar-refractivity contribution in [2.75, 3.05) is 5.32 Å². The van der Waals surface area contributed by atoms with Gasteiger partial charge < -0.3 is 10.1 Å². The molecule has 0 aliphatic heterocycles. The Labute approximate surface area is 143 Å². The maximum absolute atomic E-state index is 12.2. The predicted molar refractivity (Wildman–Crippen MR) is 94.0 cm³/mol. The molecule has 3 rings (SSSR count). The molecule has 0 fully saturated rings. The van der Waals surface area contributed by atoms with Gasteiger partial charge in [-0.05, 0) is 36.4 Å². The Balaban J connectivity index is 1.84. The van der Waals surface area contributed by atoms with Crippen molar-refractivity contribution < 1.29 is 14.5 Å². The van der Waals surface area contributed by atoms with E-state index in [-0.39, 0.29) is 17.3 Å². The van der Waals surface area contributed by atoms with Crippen LogP contribution in [-0.4, -0.2) is 10.8 Å². The summed E-state index contributed by atoms with van der Waals surface area (Å²) in [6, 6.07) is 21.7. The number of anilines is 1. The third-order valence-corrected chi connectivity index (χ3v) is 3.42. The molecule has 0 atom stereocenters. The Hall–Kier alpha value is -3.67. The first-order chi connectivity index (χ1) is 12.1. The maximum Gasteiger partial charge on any atom is 0.313 e. The Morgan fingerprint density at radius 3 is 2.20 bits per heavy atom. The van der Waals surface area contributed by atoms with Gasteiger partial charge in [0, 0.05) is 17.3 Å². The lowest BCUT2D eigenvalue weighted by Crippen LogP contribution is -2.11. The van der Waals surface area contributed by atoms with E-state index in [1.54, 1.807) is 60.7 Å². The van der Waals surface area contributed by atoms with Crippen molar-refractivity contribution >= 4 is 17.3 Å². The molecule has 0 spiro atoms. The average Bonchev–Trinajstić information content (AvgIpc) is 2.64. The van der Waals surface area contributed by atoms with Crippen LogP contribution in [0.1, 0.15) is 10.4 Å². The number of nitro groups is 1. The zero-order valence-corrected chi connectivity index (χ0v) is 13.1. The number of nitro benzene ring substituents is 1. The maximum atomic E-state index is 12.2. The van der Waals surface area contributed by atoms with Crippen LogP contribution < -0.4 is 10.1 Å². The number of carbonyl (C=O) groups excluding carboxylic acids is 1. The highest BCUT2D eigenvalue weighted by Gasteiger charge is 2.18. The van der Waals surface area contributed by atoms with Gasteiger partial charge >= 0.3 is 5.69 Å². The summed E-state index contributed by atoms with van der Waals surface area (Å²) in [6.45, 7) is 0. The van der Waals surface area contributed by atoms with Crippen molar-refractivity contribution in [3.63, 3.8) is 0 Å². The molecule has 0 saturated heterocycles. The highest BCUT2D eigenvalue weighted by Crippen LogP contribution is 2.33. The number of amides is 1. The molecule has 1 N–H and O–H groups in total. The van der Waals surface area contributed by atoms with E-state index in [1.807, 2.05) is 6.07 Å². The minimum absolute atomic E-state index is 0.105. The van der Waals surface area contributed by atoms with Crippen LogP contribution in [0.4, 0.5) is 11.4 Å². The van der Waals surface area contributed by atoms with E-state index in [4.69, 9.17) is 4.74 Å². The third-order valence-electron chi connectivity index (χ3n) is 3.42. The van der Waals surface area contributed by atoms with E-state index in [0.717, 1.165) is 0 Å². The molecule has 0 aromatic heterocycles. The molecule has 0 radical (unpaired) electrons. The van der Waals surface area contributed by atoms with Crippen LogP contribution >= 0.6 is 0 Å². The number of hydrogen-bond acceptors (Lipinski definition) is 4. The number of hydrogen-bond donors (Lipinski definition) is 1. The van der Waals surface area contributed by atoms with Crippen LogP contribution in [0.2, 0.25) is 0 Å². The Bertz CT molecular complexity index is 896. The van der Waals surface area contributed by atoms with Crippen molar-refractivity contribution in [1.82, 2.24) is 0 Å². The SMILES string of the molecule is O=C(Nc1ccc(Oc2ccccc2)c([N+](=O)[O-])c1)c1ccccc1. The zero-order chi connectivity index (χ0) is 17.6. The van der Waals surface area contributed by atoms with E-state index in [0.29, 0.717) is 17.0 Å². The van der Waals surface area contributed by atoms with Gasteiger partial charge in [-0.2, -0.15) is 0 Å². The summed E-state index contributed by atoms with van der Waals surface area (Å²) in [4.78, 5) is 22.9. The summed E-state index contributed by atoms with van der Waals surface area (Å²) in [6.07, 6.45) is 0. The fraction of sp³-hybridized carbons (Fsp3) is 0. The second-order valence-electron chi connectivity index (χ2n) is 5.17. The minimum atomic E-state index is -0.545. The van der Waals surface area contributed by atoms with E-state index < -0.39 is 4.92 Å². The van der Waals surface area contributed by atoms with Crippen molar-refractivity contribution in [2.24, 2.45) is 0 Å². The first-order valence-corrected chi connectivity index (χ1v) is 7.51. The van der Waals surface area contributed by atoms with Crippen molar-refractivity contribution in [1.29, 1.82) is 0 Å². The van der Waals surface area contributed by atoms with Gasteiger partial charge in [0.1, 0.15) is 5.75 Å². The highest BCUT2D eigenvalue weighted by molar-refractivity contribution is 6.04. The molecule has 1 amide bonds. The summed E-state index contributed by atoms with van der Waals surface area (Å²) in [7, 11) is 0. The highest BCUT2D eigenvalue weighted by atomic mass is 16.6. The number of para-hydroxylation sites is 1. The molecule has 3 aromatic rings. The number of ether oxygens (including phenoxy) is 1. The monoisotopic (exact) mass is 334 g/mol. The summed E-state index contributed by atoms with van der Waals surface area (Å²) in [5.41, 5.74) is 0.561. The van der Waals surface area contributed by atoms with Gasteiger partial charge in [0.05, 0.1) is 4.92 Å². The topological polar surface area (TPSA) is 81.5 Å². The van der Waals surface area contributed by atoms with Crippen molar-refractivity contribution in [3.05, 3.63) is 94.5 Å². The fourth-order valence-electron chi connectivity index (χ4n) is 2.23. The number of benzene rings is 3. The van der Waals surface area contributed by atoms with Crippen LogP contribution in [0, 0.1) is 10.1 Å². The molecule has 0 bridgehead atoms. The molecule has 0 saturated carbocycles. The second kappa shape index (κ2) is 7.27. The van der Waals surface area contributed by atoms with E-state index in [2.05, 4.69) is 5.32 Å². The van der Waals surface area contributed by atoms with Gasteiger partial charge in [-0.1, -0.05) is 36.4 Å². The van der Waals surface area contributed by atoms with Gasteiger partial charge in [-0.25, -0.2) is 0 Å². The molecule has 124 valence electrons. The molecule has 0 heterocycles. The van der Waals surface area contributed by atoms with Gasteiger partial charge in [-0.3, -0.25) is 14.9 Å². The number of carbonyl (C=O) groups is 1. The van der Waals surface area contributed by atoms with Crippen LogP contribution in [-0.2, 0) is 0 Å². The van der Waals surface area contributed by atoms with Crippen LogP contribution in [0.5, 0.6) is 11.5 Å². The summed E-state index contributed by atoms with van der Waals surface area (Å²) in [5, 5.41) is 14.0. The lowest BCUT2D eigenvalue weighted by molar-refractivity contribution is -0.385. The smallest absolute Gasteiger partial charge is 0.313 e. The normalized spacial score (nSPS) is 10.1. The lowest BCUT2D eigenvalue weighted by Gasteiger charge is -2.09. The molecule has 6 nitrogen and oxygen atoms in total. The quantitative estimate of drug-likeness (QED) is 0.544. The molecule has 0 aliphatic carbocycles. The molecule has 25 heavy (non-hydrogen) atoms. The van der Waals surface area contributed by atoms with Gasteiger partial charge in [0.15, 0.2) is 0 Å². The summed E-state index contributed by atoms with van der Waals surface area (Å²) < 4.78 is 5.56. The van der Waals surface area contributed by atoms with Crippen LogP contribution in [0.25, 0.3) is 0 Å². The summed E-state index contributed by atoms with van der Waals surface area (Å²) >= 11 is 0. The van der Waals surface area contributed by atoms with Gasteiger partial charge in [0.2, 0.25) is 5.75 Å². The molecule has 3 aromatic carbocycles. The van der Waals surface area contributed by atoms with E-state index in [1.165, 1.54) is 12.1 Å². The van der Waals surface area contributed by atoms with Crippen molar-refractivity contribution in [3.8, 4) is 11.5 Å². The van der Waals surface area contributed by atoms with Crippen LogP contribution in [0.3, 0.4) is 0 Å². The molecular formula is C19H14N2O4. The minimum Gasteiger partial charge on any atom is -0.450 e. The van der Waals surface area contributed by atoms with E-state index in [9.17, 15) is 14.9 Å². The Morgan fingerprint density at radius 1 is 0.920 bits per heavy atom. The number of rotatable bonds is 5. The first-order valence-electron chi connectivity index (χ1n) is 7.51. The lowest BCUT2D eigenvalue weighted by atomic mass is 10.2. The Kier molecular flexibility index (Phi) is 4.71. The molecule has 0 unspecified atom stereocenters. The van der Waals surface area contributed by atoms with Gasteiger partial charge in [0.25, 0.3) is 5.91 Å². The van der Waals surface area contributed by atoms with Gasteiger partial charge in [-0.15, -0.1) is 0 Å². The third kappa shape index (κ3) is 4.00. The number of nitrogens with zero attached hydrogens (tertiary/aromatic N) is 1.